The topological polar surface area (TPSA) is 75.7 Å². The SMILES string of the molecule is O=C(CCCOc1ccccc1)Nc1ccc(S(=O)(=O)N2CCCC2)cc1. The van der Waals surface area contributed by atoms with Crippen LogP contribution in [0, 0.1) is 0 Å². The quantitative estimate of drug-likeness (QED) is 0.704. The van der Waals surface area contributed by atoms with Gasteiger partial charge in [-0.05, 0) is 55.7 Å². The molecule has 1 aliphatic heterocycles. The summed E-state index contributed by atoms with van der Waals surface area (Å²) >= 11 is 0. The van der Waals surface area contributed by atoms with Crippen molar-refractivity contribution in [1.29, 1.82) is 0 Å². The zero-order chi connectivity index (χ0) is 19.1. The molecule has 0 bridgehead atoms. The van der Waals surface area contributed by atoms with Gasteiger partial charge in [0.05, 0.1) is 11.5 Å². The van der Waals surface area contributed by atoms with Crippen LogP contribution in [0.2, 0.25) is 0 Å². The van der Waals surface area contributed by atoms with Crippen LogP contribution in [0.4, 0.5) is 5.69 Å². The molecule has 0 atom stereocenters. The van der Waals surface area contributed by atoms with E-state index in [-0.39, 0.29) is 10.8 Å². The summed E-state index contributed by atoms with van der Waals surface area (Å²) in [6, 6.07) is 15.8. The first kappa shape index (κ1) is 19.4. The van der Waals surface area contributed by atoms with E-state index in [1.165, 1.54) is 4.31 Å². The van der Waals surface area contributed by atoms with Crippen molar-refractivity contribution in [3.05, 3.63) is 54.6 Å². The summed E-state index contributed by atoms with van der Waals surface area (Å²) in [5.74, 6) is 0.662. The second kappa shape index (κ2) is 9.01. The number of hydrogen-bond donors (Lipinski definition) is 1. The molecule has 0 spiro atoms. The fraction of sp³-hybridized carbons (Fsp3) is 0.350. The summed E-state index contributed by atoms with van der Waals surface area (Å²) in [7, 11) is -3.42. The minimum atomic E-state index is -3.42. The Balaban J connectivity index is 1.45. The first-order valence-corrected chi connectivity index (χ1v) is 10.6. The number of carbonyl (C=O) groups is 1. The normalized spacial score (nSPS) is 14.8. The summed E-state index contributed by atoms with van der Waals surface area (Å²) in [6.45, 7) is 1.61. The van der Waals surface area contributed by atoms with Gasteiger partial charge in [0.2, 0.25) is 15.9 Å². The Hall–Kier alpha value is -2.38. The van der Waals surface area contributed by atoms with Gasteiger partial charge in [0, 0.05) is 25.2 Å². The van der Waals surface area contributed by atoms with Crippen molar-refractivity contribution in [3.63, 3.8) is 0 Å². The molecule has 0 aromatic heterocycles. The van der Waals surface area contributed by atoms with Gasteiger partial charge in [-0.25, -0.2) is 8.42 Å². The molecule has 1 N–H and O–H groups in total. The predicted molar refractivity (Wildman–Crippen MR) is 104 cm³/mol. The molecule has 1 amide bonds. The molecular formula is C20H24N2O4S. The van der Waals surface area contributed by atoms with Crippen molar-refractivity contribution in [2.24, 2.45) is 0 Å². The van der Waals surface area contributed by atoms with Gasteiger partial charge in [-0.2, -0.15) is 4.31 Å². The minimum Gasteiger partial charge on any atom is -0.494 e. The summed E-state index contributed by atoms with van der Waals surface area (Å²) in [6.07, 6.45) is 2.74. The number of rotatable bonds is 8. The highest BCUT2D eigenvalue weighted by Crippen LogP contribution is 2.22. The van der Waals surface area contributed by atoms with Gasteiger partial charge in [0.1, 0.15) is 5.75 Å². The average molecular weight is 388 g/mol. The number of para-hydroxylation sites is 1. The molecular weight excluding hydrogens is 364 g/mol. The first-order chi connectivity index (χ1) is 13.1. The van der Waals surface area contributed by atoms with Crippen molar-refractivity contribution in [1.82, 2.24) is 4.31 Å². The van der Waals surface area contributed by atoms with Gasteiger partial charge in [-0.1, -0.05) is 18.2 Å². The number of ether oxygens (including phenoxy) is 1. The molecule has 3 rings (SSSR count). The van der Waals surface area contributed by atoms with Crippen molar-refractivity contribution >= 4 is 21.6 Å². The van der Waals surface area contributed by atoms with Crippen LogP contribution in [0.5, 0.6) is 5.75 Å². The van der Waals surface area contributed by atoms with Crippen LogP contribution >= 0.6 is 0 Å². The first-order valence-electron chi connectivity index (χ1n) is 9.14. The lowest BCUT2D eigenvalue weighted by molar-refractivity contribution is -0.116. The van der Waals surface area contributed by atoms with Crippen LogP contribution in [0.15, 0.2) is 59.5 Å². The van der Waals surface area contributed by atoms with Gasteiger partial charge >= 0.3 is 0 Å². The number of amides is 1. The molecule has 27 heavy (non-hydrogen) atoms. The maximum absolute atomic E-state index is 12.5. The zero-order valence-electron chi connectivity index (χ0n) is 15.1. The van der Waals surface area contributed by atoms with Gasteiger partial charge in [0.25, 0.3) is 0 Å². The summed E-state index contributed by atoms with van der Waals surface area (Å²) in [5.41, 5.74) is 0.587. The molecule has 1 fully saturated rings. The van der Waals surface area contributed by atoms with Crippen LogP contribution in [-0.4, -0.2) is 38.3 Å². The molecule has 0 radical (unpaired) electrons. The maximum Gasteiger partial charge on any atom is 0.243 e. The fourth-order valence-electron chi connectivity index (χ4n) is 2.95. The Morgan fingerprint density at radius 1 is 1.00 bits per heavy atom. The zero-order valence-corrected chi connectivity index (χ0v) is 16.0. The van der Waals surface area contributed by atoms with Crippen LogP contribution in [0.3, 0.4) is 0 Å². The highest BCUT2D eigenvalue weighted by Gasteiger charge is 2.26. The Kier molecular flexibility index (Phi) is 6.47. The molecule has 144 valence electrons. The van der Waals surface area contributed by atoms with Gasteiger partial charge in [0.15, 0.2) is 0 Å². The van der Waals surface area contributed by atoms with Crippen molar-refractivity contribution in [3.8, 4) is 5.75 Å². The van der Waals surface area contributed by atoms with Crippen LogP contribution in [0.1, 0.15) is 25.7 Å². The molecule has 0 saturated carbocycles. The molecule has 0 aliphatic carbocycles. The van der Waals surface area contributed by atoms with Crippen LogP contribution in [0.25, 0.3) is 0 Å². The van der Waals surface area contributed by atoms with E-state index < -0.39 is 10.0 Å². The number of nitrogens with one attached hydrogen (secondary N) is 1. The van der Waals surface area contributed by atoms with E-state index in [9.17, 15) is 13.2 Å². The fourth-order valence-corrected chi connectivity index (χ4v) is 4.47. The third kappa shape index (κ3) is 5.30. The molecule has 1 saturated heterocycles. The number of carbonyl (C=O) groups excluding carboxylic acids is 1. The van der Waals surface area contributed by atoms with Gasteiger partial charge < -0.3 is 10.1 Å². The maximum atomic E-state index is 12.5. The van der Waals surface area contributed by atoms with E-state index in [0.29, 0.717) is 38.2 Å². The highest BCUT2D eigenvalue weighted by molar-refractivity contribution is 7.89. The van der Waals surface area contributed by atoms with E-state index >= 15 is 0 Å². The summed E-state index contributed by atoms with van der Waals surface area (Å²) in [5, 5.41) is 2.79. The van der Waals surface area contributed by atoms with Crippen molar-refractivity contribution < 1.29 is 17.9 Å². The number of anilines is 1. The average Bonchev–Trinajstić information content (AvgIpc) is 3.22. The van der Waals surface area contributed by atoms with E-state index in [2.05, 4.69) is 5.32 Å². The van der Waals surface area contributed by atoms with Crippen molar-refractivity contribution in [2.75, 3.05) is 25.0 Å². The number of benzene rings is 2. The highest BCUT2D eigenvalue weighted by atomic mass is 32.2. The molecule has 2 aromatic rings. The third-order valence-corrected chi connectivity index (χ3v) is 6.31. The Morgan fingerprint density at radius 2 is 1.67 bits per heavy atom. The van der Waals surface area contributed by atoms with Gasteiger partial charge in [-0.15, -0.1) is 0 Å². The largest absolute Gasteiger partial charge is 0.494 e. The second-order valence-electron chi connectivity index (χ2n) is 6.45. The van der Waals surface area contributed by atoms with E-state index in [0.717, 1.165) is 18.6 Å². The Labute approximate surface area is 160 Å². The van der Waals surface area contributed by atoms with Crippen LogP contribution < -0.4 is 10.1 Å². The minimum absolute atomic E-state index is 0.123. The second-order valence-corrected chi connectivity index (χ2v) is 8.39. The summed E-state index contributed by atoms with van der Waals surface area (Å²) in [4.78, 5) is 12.3. The standard InChI is InChI=1S/C20H24N2O4S/c23-20(9-6-16-26-18-7-2-1-3-8-18)21-17-10-12-19(13-11-17)27(24,25)22-14-4-5-15-22/h1-3,7-8,10-13H,4-6,9,14-16H2,(H,21,23). The molecule has 2 aromatic carbocycles. The molecule has 6 nitrogen and oxygen atoms in total. The Morgan fingerprint density at radius 3 is 2.33 bits per heavy atom. The smallest absolute Gasteiger partial charge is 0.243 e. The number of sulfonamides is 1. The van der Waals surface area contributed by atoms with E-state index in [1.807, 2.05) is 30.3 Å². The third-order valence-electron chi connectivity index (χ3n) is 4.40. The molecule has 7 heteroatoms. The molecule has 1 heterocycles. The monoisotopic (exact) mass is 388 g/mol. The lowest BCUT2D eigenvalue weighted by Gasteiger charge is -2.15. The Bertz CT molecular complexity index is 845. The van der Waals surface area contributed by atoms with E-state index in [1.54, 1.807) is 24.3 Å². The summed E-state index contributed by atoms with van der Waals surface area (Å²) < 4.78 is 32.0. The number of hydrogen-bond acceptors (Lipinski definition) is 4. The molecule has 1 aliphatic rings. The predicted octanol–water partition coefficient (Wildman–Crippen LogP) is 3.27. The number of nitrogens with zero attached hydrogens (tertiary/aromatic N) is 1. The molecule has 0 unspecified atom stereocenters. The lowest BCUT2D eigenvalue weighted by Crippen LogP contribution is -2.27. The van der Waals surface area contributed by atoms with Gasteiger partial charge in [-0.3, -0.25) is 4.79 Å². The lowest BCUT2D eigenvalue weighted by atomic mass is 10.2. The van der Waals surface area contributed by atoms with E-state index in [4.69, 9.17) is 4.74 Å². The van der Waals surface area contributed by atoms with Crippen LogP contribution in [-0.2, 0) is 14.8 Å². The van der Waals surface area contributed by atoms with Crippen molar-refractivity contribution in [2.45, 2.75) is 30.6 Å².